The Morgan fingerprint density at radius 1 is 1.40 bits per heavy atom. The van der Waals surface area contributed by atoms with E-state index in [1.54, 1.807) is 0 Å². The summed E-state index contributed by atoms with van der Waals surface area (Å²) in [6.07, 6.45) is 0. The van der Waals surface area contributed by atoms with Crippen LogP contribution in [0.5, 0.6) is 5.88 Å². The van der Waals surface area contributed by atoms with Crippen molar-refractivity contribution in [2.75, 3.05) is 0 Å². The SMILES string of the molecule is CC(=O)OOc1nc(F)c(Cl)c(C)c1Cl. The lowest BCUT2D eigenvalue weighted by Gasteiger charge is -2.07. The Kier molecular flexibility index (Phi) is 3.71. The Labute approximate surface area is 94.8 Å². The lowest BCUT2D eigenvalue weighted by Crippen LogP contribution is -2.06. The van der Waals surface area contributed by atoms with Gasteiger partial charge in [0.15, 0.2) is 0 Å². The summed E-state index contributed by atoms with van der Waals surface area (Å²) in [7, 11) is 0. The highest BCUT2D eigenvalue weighted by Crippen LogP contribution is 2.32. The maximum atomic E-state index is 13.0. The summed E-state index contributed by atoms with van der Waals surface area (Å²) in [6, 6.07) is 0. The predicted octanol–water partition coefficient (Wildman–Crippen LogP) is 2.69. The summed E-state index contributed by atoms with van der Waals surface area (Å²) in [5.74, 6) is -1.99. The van der Waals surface area contributed by atoms with Gasteiger partial charge in [0.25, 0.3) is 5.88 Å². The molecule has 0 fully saturated rings. The number of carbonyl (C=O) groups excluding carboxylic acids is 1. The number of carbonyl (C=O) groups is 1. The largest absolute Gasteiger partial charge is 0.352 e. The average Bonchev–Trinajstić information content (AvgIpc) is 2.18. The van der Waals surface area contributed by atoms with Crippen LogP contribution >= 0.6 is 23.2 Å². The molecule has 0 atom stereocenters. The summed E-state index contributed by atoms with van der Waals surface area (Å²) in [6.45, 7) is 2.60. The third kappa shape index (κ3) is 2.70. The Hall–Kier alpha value is -1.07. The number of halogens is 3. The fourth-order valence-corrected chi connectivity index (χ4v) is 1.11. The molecule has 0 unspecified atom stereocenters. The van der Waals surface area contributed by atoms with Gasteiger partial charge in [-0.05, 0) is 12.5 Å². The van der Waals surface area contributed by atoms with Gasteiger partial charge in [-0.3, -0.25) is 4.89 Å². The minimum atomic E-state index is -0.944. The maximum absolute atomic E-state index is 13.0. The number of rotatable bonds is 2. The predicted molar refractivity (Wildman–Crippen MR) is 51.3 cm³/mol. The van der Waals surface area contributed by atoms with E-state index in [9.17, 15) is 9.18 Å². The van der Waals surface area contributed by atoms with Gasteiger partial charge in [0.05, 0.1) is 0 Å². The number of aromatic nitrogens is 1. The highest BCUT2D eigenvalue weighted by molar-refractivity contribution is 6.36. The van der Waals surface area contributed by atoms with E-state index in [1.807, 2.05) is 0 Å². The van der Waals surface area contributed by atoms with Gasteiger partial charge in [0, 0.05) is 6.92 Å². The van der Waals surface area contributed by atoms with Crippen LogP contribution in [0.15, 0.2) is 0 Å². The number of hydrogen-bond donors (Lipinski definition) is 0. The quantitative estimate of drug-likeness (QED) is 0.462. The molecular formula is C8H6Cl2FNO3. The smallest absolute Gasteiger partial charge is 0.264 e. The maximum Gasteiger partial charge on any atom is 0.352 e. The van der Waals surface area contributed by atoms with E-state index < -0.39 is 11.9 Å². The van der Waals surface area contributed by atoms with Crippen molar-refractivity contribution in [2.24, 2.45) is 0 Å². The highest BCUT2D eigenvalue weighted by atomic mass is 35.5. The normalized spacial score (nSPS) is 9.93. The topological polar surface area (TPSA) is 48.4 Å². The van der Waals surface area contributed by atoms with E-state index in [0.29, 0.717) is 0 Å². The van der Waals surface area contributed by atoms with Crippen LogP contribution in [-0.4, -0.2) is 11.0 Å². The molecule has 0 spiro atoms. The molecular weight excluding hydrogens is 248 g/mol. The number of nitrogens with zero attached hydrogens (tertiary/aromatic N) is 1. The Bertz CT molecular complexity index is 411. The number of hydrogen-bond acceptors (Lipinski definition) is 4. The van der Waals surface area contributed by atoms with Crippen LogP contribution in [0.1, 0.15) is 12.5 Å². The molecule has 1 aromatic heterocycles. The first-order chi connectivity index (χ1) is 6.93. The van der Waals surface area contributed by atoms with Crippen molar-refractivity contribution < 1.29 is 19.0 Å². The van der Waals surface area contributed by atoms with Gasteiger partial charge >= 0.3 is 5.97 Å². The molecule has 4 nitrogen and oxygen atoms in total. The first-order valence-electron chi connectivity index (χ1n) is 3.79. The zero-order valence-electron chi connectivity index (χ0n) is 7.81. The minimum Gasteiger partial charge on any atom is -0.264 e. The second-order valence-corrected chi connectivity index (χ2v) is 3.37. The fourth-order valence-electron chi connectivity index (χ4n) is 0.752. The first-order valence-corrected chi connectivity index (χ1v) is 4.55. The summed E-state index contributed by atoms with van der Waals surface area (Å²) < 4.78 is 13.0. The van der Waals surface area contributed by atoms with E-state index >= 15 is 0 Å². The summed E-state index contributed by atoms with van der Waals surface area (Å²) in [5, 5.41) is -0.210. The van der Waals surface area contributed by atoms with Gasteiger partial charge in [-0.25, -0.2) is 9.68 Å². The van der Waals surface area contributed by atoms with Crippen molar-refractivity contribution in [3.8, 4) is 5.88 Å². The van der Waals surface area contributed by atoms with Crippen LogP contribution in [0, 0.1) is 12.9 Å². The zero-order chi connectivity index (χ0) is 11.6. The summed E-state index contributed by atoms with van der Waals surface area (Å²) in [4.78, 5) is 22.3. The lowest BCUT2D eigenvalue weighted by molar-refractivity contribution is -0.212. The van der Waals surface area contributed by atoms with E-state index in [1.165, 1.54) is 6.92 Å². The molecule has 82 valence electrons. The van der Waals surface area contributed by atoms with Crippen LogP contribution < -0.4 is 4.89 Å². The Morgan fingerprint density at radius 3 is 2.53 bits per heavy atom. The highest BCUT2D eigenvalue weighted by Gasteiger charge is 2.16. The summed E-state index contributed by atoms with van der Waals surface area (Å²) in [5.41, 5.74) is 0.257. The molecule has 0 saturated heterocycles. The summed E-state index contributed by atoms with van der Waals surface area (Å²) >= 11 is 11.3. The molecule has 0 aliphatic rings. The van der Waals surface area contributed by atoms with Crippen molar-refractivity contribution >= 4 is 29.2 Å². The Balaban J connectivity index is 3.04. The molecule has 0 aliphatic carbocycles. The van der Waals surface area contributed by atoms with Crippen LogP contribution in [0.25, 0.3) is 0 Å². The van der Waals surface area contributed by atoms with Crippen LogP contribution in [-0.2, 0) is 9.68 Å². The minimum absolute atomic E-state index is 0.0114. The molecule has 15 heavy (non-hydrogen) atoms. The lowest BCUT2D eigenvalue weighted by atomic mass is 10.3. The van der Waals surface area contributed by atoms with E-state index in [2.05, 4.69) is 14.8 Å². The van der Waals surface area contributed by atoms with Crippen LogP contribution in [0.3, 0.4) is 0 Å². The second-order valence-electron chi connectivity index (χ2n) is 2.62. The van der Waals surface area contributed by atoms with Crippen LogP contribution in [0.4, 0.5) is 4.39 Å². The Morgan fingerprint density at radius 2 is 2.00 bits per heavy atom. The third-order valence-electron chi connectivity index (χ3n) is 1.47. The van der Waals surface area contributed by atoms with Gasteiger partial charge in [-0.1, -0.05) is 23.2 Å². The molecule has 0 aromatic carbocycles. The number of pyridine rings is 1. The molecule has 1 heterocycles. The first kappa shape index (κ1) is 12.0. The second kappa shape index (κ2) is 4.63. The third-order valence-corrected chi connectivity index (χ3v) is 2.35. The van der Waals surface area contributed by atoms with Crippen molar-refractivity contribution in [2.45, 2.75) is 13.8 Å². The fraction of sp³-hybridized carbons (Fsp3) is 0.250. The van der Waals surface area contributed by atoms with E-state index in [0.717, 1.165) is 6.92 Å². The molecule has 0 N–H and O–H groups in total. The molecule has 0 bridgehead atoms. The standard InChI is InChI=1S/C8H6Cl2FNO3/c1-3-5(9)7(11)12-8(6(3)10)15-14-4(2)13/h1-2H3. The zero-order valence-corrected chi connectivity index (χ0v) is 9.32. The van der Waals surface area contributed by atoms with Crippen molar-refractivity contribution in [3.05, 3.63) is 21.6 Å². The van der Waals surface area contributed by atoms with E-state index in [-0.39, 0.29) is 21.5 Å². The molecule has 0 saturated carbocycles. The van der Waals surface area contributed by atoms with Gasteiger partial charge in [0.2, 0.25) is 5.95 Å². The molecule has 0 aliphatic heterocycles. The van der Waals surface area contributed by atoms with Gasteiger partial charge in [-0.2, -0.15) is 9.37 Å². The van der Waals surface area contributed by atoms with Crippen molar-refractivity contribution in [1.82, 2.24) is 4.98 Å². The van der Waals surface area contributed by atoms with Crippen molar-refractivity contribution in [1.29, 1.82) is 0 Å². The molecule has 0 radical (unpaired) electrons. The monoisotopic (exact) mass is 253 g/mol. The molecule has 7 heteroatoms. The average molecular weight is 254 g/mol. The van der Waals surface area contributed by atoms with Gasteiger partial charge < -0.3 is 0 Å². The van der Waals surface area contributed by atoms with Crippen LogP contribution in [0.2, 0.25) is 10.0 Å². The van der Waals surface area contributed by atoms with Gasteiger partial charge in [0.1, 0.15) is 10.0 Å². The molecule has 0 amide bonds. The van der Waals surface area contributed by atoms with E-state index in [4.69, 9.17) is 23.2 Å². The van der Waals surface area contributed by atoms with Crippen molar-refractivity contribution in [3.63, 3.8) is 0 Å². The molecule has 1 aromatic rings. The molecule has 1 rings (SSSR count). The van der Waals surface area contributed by atoms with Gasteiger partial charge in [-0.15, -0.1) is 0 Å².